The number of anilines is 1. The van der Waals surface area contributed by atoms with E-state index in [2.05, 4.69) is 43.5 Å². The summed E-state index contributed by atoms with van der Waals surface area (Å²) in [6, 6.07) is 13.8. The van der Waals surface area contributed by atoms with Crippen LogP contribution in [0.3, 0.4) is 0 Å². The molecule has 1 aromatic carbocycles. The van der Waals surface area contributed by atoms with Crippen molar-refractivity contribution in [3.8, 4) is 5.82 Å². The second-order valence-corrected chi connectivity index (χ2v) is 7.23. The third kappa shape index (κ3) is 3.35. The highest BCUT2D eigenvalue weighted by molar-refractivity contribution is 9.10. The average molecular weight is 397 g/mol. The molecule has 3 aromatic rings. The van der Waals surface area contributed by atoms with Crippen LogP contribution in [0.1, 0.15) is 23.5 Å². The van der Waals surface area contributed by atoms with Crippen LogP contribution in [0.15, 0.2) is 59.3 Å². The van der Waals surface area contributed by atoms with Gasteiger partial charge in [-0.25, -0.2) is 4.98 Å². The maximum atomic E-state index is 12.6. The van der Waals surface area contributed by atoms with Crippen molar-refractivity contribution in [1.82, 2.24) is 14.8 Å². The Morgan fingerprint density at radius 2 is 2.12 bits per heavy atom. The summed E-state index contributed by atoms with van der Waals surface area (Å²) < 4.78 is 2.70. The third-order valence-corrected chi connectivity index (χ3v) is 4.91. The first-order valence-corrected chi connectivity index (χ1v) is 8.94. The molecule has 1 N–H and O–H groups in total. The van der Waals surface area contributed by atoms with Crippen molar-refractivity contribution in [1.29, 1.82) is 0 Å². The summed E-state index contributed by atoms with van der Waals surface area (Å²) in [5.74, 6) is 1.65. The fraction of sp³-hybridized carbons (Fsp3) is 0.211. The van der Waals surface area contributed by atoms with Crippen LogP contribution in [0.2, 0.25) is 0 Å². The summed E-state index contributed by atoms with van der Waals surface area (Å²) in [7, 11) is 0. The first-order chi connectivity index (χ1) is 12.1. The molecule has 1 fully saturated rings. The van der Waals surface area contributed by atoms with Gasteiger partial charge in [0.05, 0.1) is 6.20 Å². The Morgan fingerprint density at radius 3 is 2.92 bits per heavy atom. The number of benzene rings is 1. The van der Waals surface area contributed by atoms with Crippen LogP contribution in [0.4, 0.5) is 5.82 Å². The van der Waals surface area contributed by atoms with Gasteiger partial charge in [-0.1, -0.05) is 28.1 Å². The SMILES string of the molecule is Cc1ccnc(-n2nccc2NC(=O)[C@H]2C[C@@H]2c2cccc(Br)c2)c1. The van der Waals surface area contributed by atoms with Crippen LogP contribution in [0.25, 0.3) is 5.82 Å². The van der Waals surface area contributed by atoms with Gasteiger partial charge >= 0.3 is 0 Å². The number of nitrogens with one attached hydrogen (secondary N) is 1. The van der Waals surface area contributed by atoms with E-state index in [0.717, 1.165) is 16.5 Å². The van der Waals surface area contributed by atoms with Gasteiger partial charge in [0.2, 0.25) is 5.91 Å². The highest BCUT2D eigenvalue weighted by atomic mass is 79.9. The summed E-state index contributed by atoms with van der Waals surface area (Å²) in [6.07, 6.45) is 4.28. The van der Waals surface area contributed by atoms with E-state index in [1.165, 1.54) is 5.56 Å². The van der Waals surface area contributed by atoms with Crippen LogP contribution in [0, 0.1) is 12.8 Å². The molecule has 1 amide bonds. The number of hydrogen-bond donors (Lipinski definition) is 1. The number of aromatic nitrogens is 3. The van der Waals surface area contributed by atoms with E-state index >= 15 is 0 Å². The second-order valence-electron chi connectivity index (χ2n) is 6.31. The molecule has 0 aliphatic heterocycles. The average Bonchev–Trinajstić information content (AvgIpc) is 3.27. The smallest absolute Gasteiger partial charge is 0.229 e. The van der Waals surface area contributed by atoms with Crippen molar-refractivity contribution in [2.45, 2.75) is 19.3 Å². The summed E-state index contributed by atoms with van der Waals surface area (Å²) in [5, 5.41) is 7.28. The molecule has 2 atom stereocenters. The van der Waals surface area contributed by atoms with E-state index in [1.807, 2.05) is 31.2 Å². The highest BCUT2D eigenvalue weighted by Crippen LogP contribution is 2.48. The number of amides is 1. The summed E-state index contributed by atoms with van der Waals surface area (Å²) in [4.78, 5) is 16.9. The molecule has 4 rings (SSSR count). The van der Waals surface area contributed by atoms with E-state index < -0.39 is 0 Å². The Bertz CT molecular complexity index is 936. The first kappa shape index (κ1) is 16.0. The Labute approximate surface area is 154 Å². The van der Waals surface area contributed by atoms with Gasteiger partial charge in [-0.05, 0) is 54.7 Å². The minimum absolute atomic E-state index is 0.00289. The van der Waals surface area contributed by atoms with Crippen LogP contribution in [-0.2, 0) is 4.79 Å². The van der Waals surface area contributed by atoms with Gasteiger partial charge in [0.1, 0.15) is 5.82 Å². The van der Waals surface area contributed by atoms with Gasteiger partial charge in [-0.15, -0.1) is 0 Å². The zero-order chi connectivity index (χ0) is 17.4. The van der Waals surface area contributed by atoms with Gasteiger partial charge in [0.25, 0.3) is 0 Å². The van der Waals surface area contributed by atoms with Gasteiger partial charge in [-0.2, -0.15) is 9.78 Å². The van der Waals surface area contributed by atoms with E-state index in [4.69, 9.17) is 0 Å². The van der Waals surface area contributed by atoms with E-state index in [9.17, 15) is 4.79 Å². The Morgan fingerprint density at radius 1 is 1.24 bits per heavy atom. The van der Waals surface area contributed by atoms with E-state index in [1.54, 1.807) is 23.1 Å². The molecule has 0 spiro atoms. The van der Waals surface area contributed by atoms with Gasteiger partial charge in [-0.3, -0.25) is 4.79 Å². The summed E-state index contributed by atoms with van der Waals surface area (Å²) in [6.45, 7) is 2.00. The maximum absolute atomic E-state index is 12.6. The molecule has 1 saturated carbocycles. The number of nitrogens with zero attached hydrogens (tertiary/aromatic N) is 3. The lowest BCUT2D eigenvalue weighted by molar-refractivity contribution is -0.117. The van der Waals surface area contributed by atoms with E-state index in [-0.39, 0.29) is 17.7 Å². The van der Waals surface area contributed by atoms with Gasteiger partial charge in [0.15, 0.2) is 5.82 Å². The van der Waals surface area contributed by atoms with Crippen molar-refractivity contribution in [2.75, 3.05) is 5.32 Å². The molecule has 6 heteroatoms. The number of carbonyl (C=O) groups excluding carboxylic acids is 1. The van der Waals surface area contributed by atoms with E-state index in [0.29, 0.717) is 11.6 Å². The predicted octanol–water partition coefficient (Wildman–Crippen LogP) is 4.08. The van der Waals surface area contributed by atoms with Gasteiger partial charge in [0, 0.05) is 22.7 Å². The molecule has 2 aromatic heterocycles. The number of hydrogen-bond acceptors (Lipinski definition) is 3. The Balaban J connectivity index is 1.49. The molecular weight excluding hydrogens is 380 g/mol. The lowest BCUT2D eigenvalue weighted by Crippen LogP contribution is -2.17. The fourth-order valence-electron chi connectivity index (χ4n) is 3.03. The lowest BCUT2D eigenvalue weighted by atomic mass is 10.1. The quantitative estimate of drug-likeness (QED) is 0.722. The van der Waals surface area contributed by atoms with Crippen LogP contribution in [0.5, 0.6) is 0 Å². The van der Waals surface area contributed by atoms with Crippen molar-refractivity contribution < 1.29 is 4.79 Å². The molecule has 1 aliphatic carbocycles. The largest absolute Gasteiger partial charge is 0.310 e. The molecule has 25 heavy (non-hydrogen) atoms. The molecule has 0 bridgehead atoms. The Kier molecular flexibility index (Phi) is 4.13. The highest BCUT2D eigenvalue weighted by Gasteiger charge is 2.44. The normalized spacial score (nSPS) is 18.8. The molecular formula is C19H17BrN4O. The molecule has 2 heterocycles. The minimum Gasteiger partial charge on any atom is -0.310 e. The number of halogens is 1. The van der Waals surface area contributed by atoms with Crippen molar-refractivity contribution >= 4 is 27.7 Å². The van der Waals surface area contributed by atoms with Crippen LogP contribution in [-0.4, -0.2) is 20.7 Å². The van der Waals surface area contributed by atoms with Crippen LogP contribution < -0.4 is 5.32 Å². The summed E-state index contributed by atoms with van der Waals surface area (Å²) in [5.41, 5.74) is 2.29. The minimum atomic E-state index is 0.00289. The number of aryl methyl sites for hydroxylation is 1. The monoisotopic (exact) mass is 396 g/mol. The van der Waals surface area contributed by atoms with Crippen molar-refractivity contribution in [3.05, 3.63) is 70.5 Å². The molecule has 0 unspecified atom stereocenters. The zero-order valence-electron chi connectivity index (χ0n) is 13.7. The summed E-state index contributed by atoms with van der Waals surface area (Å²) >= 11 is 3.49. The number of rotatable bonds is 4. The van der Waals surface area contributed by atoms with Crippen molar-refractivity contribution in [3.63, 3.8) is 0 Å². The topological polar surface area (TPSA) is 59.8 Å². The predicted molar refractivity (Wildman–Crippen MR) is 99.7 cm³/mol. The third-order valence-electron chi connectivity index (χ3n) is 4.42. The van der Waals surface area contributed by atoms with Gasteiger partial charge < -0.3 is 5.32 Å². The lowest BCUT2D eigenvalue weighted by Gasteiger charge is -2.09. The zero-order valence-corrected chi connectivity index (χ0v) is 15.3. The Hall–Kier alpha value is -2.47. The molecule has 126 valence electrons. The second kappa shape index (κ2) is 6.44. The van der Waals surface area contributed by atoms with Crippen LogP contribution >= 0.6 is 15.9 Å². The molecule has 1 aliphatic rings. The molecule has 0 radical (unpaired) electrons. The van der Waals surface area contributed by atoms with Crippen molar-refractivity contribution in [2.24, 2.45) is 5.92 Å². The number of pyridine rings is 1. The standard InChI is InChI=1S/C19H17BrN4O/c1-12-5-7-21-18(9-12)24-17(6-8-22-24)23-19(25)16-11-15(16)13-3-2-4-14(20)10-13/h2-10,15-16H,11H2,1H3,(H,23,25)/t15-,16+/m1/s1. The molecule has 0 saturated heterocycles. The molecule has 5 nitrogen and oxygen atoms in total. The maximum Gasteiger partial charge on any atom is 0.229 e. The fourth-order valence-corrected chi connectivity index (χ4v) is 3.44. The number of carbonyl (C=O) groups is 1. The first-order valence-electron chi connectivity index (χ1n) is 8.15.